The Bertz CT molecular complexity index is 88.5. The molecule has 0 rings (SSSR count). The predicted octanol–water partition coefficient (Wildman–Crippen LogP) is 0.938. The lowest BCUT2D eigenvalue weighted by molar-refractivity contribution is -0.281. The fourth-order valence-corrected chi connectivity index (χ4v) is 0.906. The van der Waals surface area contributed by atoms with Gasteiger partial charge in [-0.2, -0.15) is 0 Å². The van der Waals surface area contributed by atoms with Gasteiger partial charge in [-0.15, -0.1) is 0 Å². The molecule has 0 saturated heterocycles. The van der Waals surface area contributed by atoms with Crippen molar-refractivity contribution < 1.29 is 24.3 Å². The first kappa shape index (κ1) is 12.8. The molecule has 0 bridgehead atoms. The van der Waals surface area contributed by atoms with Crippen LogP contribution in [-0.2, 0) is 24.3 Å². The molecular formula is C8H18O5. The Morgan fingerprint density at radius 1 is 0.846 bits per heavy atom. The lowest BCUT2D eigenvalue weighted by Crippen LogP contribution is -2.16. The largest absolute Gasteiger partial charge is 0.381 e. The van der Waals surface area contributed by atoms with Crippen LogP contribution in [0.5, 0.6) is 0 Å². The minimum absolute atomic E-state index is 0.116. The first-order valence-electron chi connectivity index (χ1n) is 4.19. The van der Waals surface area contributed by atoms with Gasteiger partial charge in [-0.05, 0) is 0 Å². The SMILES string of the molecule is COOCCC(CCOOC)OC. The van der Waals surface area contributed by atoms with Crippen LogP contribution in [0, 0.1) is 0 Å². The summed E-state index contributed by atoms with van der Waals surface area (Å²) in [7, 11) is 4.62. The maximum Gasteiger partial charge on any atom is 0.0846 e. The van der Waals surface area contributed by atoms with Gasteiger partial charge in [0.25, 0.3) is 0 Å². The van der Waals surface area contributed by atoms with E-state index in [0.29, 0.717) is 13.2 Å². The highest BCUT2D eigenvalue weighted by Gasteiger charge is 2.07. The molecule has 80 valence electrons. The van der Waals surface area contributed by atoms with Gasteiger partial charge >= 0.3 is 0 Å². The van der Waals surface area contributed by atoms with E-state index >= 15 is 0 Å². The van der Waals surface area contributed by atoms with Crippen molar-refractivity contribution in [3.05, 3.63) is 0 Å². The van der Waals surface area contributed by atoms with E-state index in [4.69, 9.17) is 14.5 Å². The summed E-state index contributed by atoms with van der Waals surface area (Å²) in [5.74, 6) is 0. The highest BCUT2D eigenvalue weighted by Crippen LogP contribution is 2.03. The first-order valence-corrected chi connectivity index (χ1v) is 4.19. The maximum absolute atomic E-state index is 5.17. The molecule has 0 amide bonds. The summed E-state index contributed by atoms with van der Waals surface area (Å²) in [5, 5.41) is 0. The summed E-state index contributed by atoms with van der Waals surface area (Å²) in [6.45, 7) is 1.03. The Morgan fingerprint density at radius 2 is 1.31 bits per heavy atom. The number of rotatable bonds is 9. The van der Waals surface area contributed by atoms with Gasteiger partial charge in [-0.3, -0.25) is 0 Å². The van der Waals surface area contributed by atoms with E-state index in [2.05, 4.69) is 9.78 Å². The van der Waals surface area contributed by atoms with Gasteiger partial charge in [-0.1, -0.05) is 0 Å². The van der Waals surface area contributed by atoms with Crippen LogP contribution in [0.3, 0.4) is 0 Å². The third-order valence-electron chi connectivity index (χ3n) is 1.62. The van der Waals surface area contributed by atoms with E-state index in [9.17, 15) is 0 Å². The molecule has 0 aliphatic heterocycles. The van der Waals surface area contributed by atoms with Gasteiger partial charge in [0.05, 0.1) is 33.5 Å². The molecule has 0 aliphatic rings. The number of methoxy groups -OCH3 is 1. The van der Waals surface area contributed by atoms with E-state index in [-0.39, 0.29) is 6.10 Å². The molecule has 0 atom stereocenters. The summed E-state index contributed by atoms with van der Waals surface area (Å²) in [6, 6.07) is 0. The molecule has 0 aromatic carbocycles. The molecule has 0 radical (unpaired) electrons. The summed E-state index contributed by atoms with van der Waals surface area (Å²) < 4.78 is 5.17. The van der Waals surface area contributed by atoms with Gasteiger partial charge in [0.2, 0.25) is 0 Å². The van der Waals surface area contributed by atoms with Gasteiger partial charge in [0, 0.05) is 20.0 Å². The zero-order chi connectivity index (χ0) is 9.94. The van der Waals surface area contributed by atoms with Gasteiger partial charge in [-0.25, -0.2) is 19.6 Å². The molecule has 5 heteroatoms. The third kappa shape index (κ3) is 8.14. The normalized spacial score (nSPS) is 11.1. The lowest BCUT2D eigenvalue weighted by Gasteiger charge is -2.13. The smallest absolute Gasteiger partial charge is 0.0846 e. The zero-order valence-electron chi connectivity index (χ0n) is 8.45. The van der Waals surface area contributed by atoms with E-state index in [1.165, 1.54) is 14.2 Å². The molecule has 0 heterocycles. The molecule has 0 N–H and O–H groups in total. The molecule has 5 nitrogen and oxygen atoms in total. The van der Waals surface area contributed by atoms with Gasteiger partial charge in [0.15, 0.2) is 0 Å². The summed E-state index contributed by atoms with van der Waals surface area (Å²) >= 11 is 0. The zero-order valence-corrected chi connectivity index (χ0v) is 8.45. The van der Waals surface area contributed by atoms with Crippen molar-refractivity contribution in [1.29, 1.82) is 0 Å². The monoisotopic (exact) mass is 194 g/mol. The molecular weight excluding hydrogens is 176 g/mol. The standard InChI is InChI=1S/C8H18O5/c1-9-8(4-6-12-10-2)5-7-13-11-3/h8H,4-7H2,1-3H3. The molecule has 0 aromatic heterocycles. The fourth-order valence-electron chi connectivity index (χ4n) is 0.906. The van der Waals surface area contributed by atoms with Crippen LogP contribution in [0.2, 0.25) is 0 Å². The molecule has 0 aliphatic carbocycles. The second-order valence-corrected chi connectivity index (χ2v) is 2.41. The summed E-state index contributed by atoms with van der Waals surface area (Å²) in [4.78, 5) is 18.3. The Kier molecular flexibility index (Phi) is 9.73. The Morgan fingerprint density at radius 3 is 1.62 bits per heavy atom. The van der Waals surface area contributed by atoms with Crippen molar-refractivity contribution in [3.8, 4) is 0 Å². The lowest BCUT2D eigenvalue weighted by atomic mass is 10.2. The Hall–Kier alpha value is -0.200. The predicted molar refractivity (Wildman–Crippen MR) is 46.0 cm³/mol. The highest BCUT2D eigenvalue weighted by atomic mass is 17.2. The summed E-state index contributed by atoms with van der Waals surface area (Å²) in [6.07, 6.45) is 1.67. The van der Waals surface area contributed by atoms with Crippen molar-refractivity contribution in [2.45, 2.75) is 18.9 Å². The summed E-state index contributed by atoms with van der Waals surface area (Å²) in [5.41, 5.74) is 0. The number of hydrogen-bond acceptors (Lipinski definition) is 5. The highest BCUT2D eigenvalue weighted by molar-refractivity contribution is 4.55. The number of ether oxygens (including phenoxy) is 1. The van der Waals surface area contributed by atoms with Crippen LogP contribution in [0.15, 0.2) is 0 Å². The third-order valence-corrected chi connectivity index (χ3v) is 1.62. The van der Waals surface area contributed by atoms with Crippen LogP contribution in [-0.4, -0.2) is 40.6 Å². The minimum atomic E-state index is 0.116. The molecule has 0 unspecified atom stereocenters. The van der Waals surface area contributed by atoms with Crippen molar-refractivity contribution >= 4 is 0 Å². The maximum atomic E-state index is 5.17. The average Bonchev–Trinajstić information content (AvgIpc) is 2.16. The van der Waals surface area contributed by atoms with Crippen LogP contribution in [0.25, 0.3) is 0 Å². The second-order valence-electron chi connectivity index (χ2n) is 2.41. The van der Waals surface area contributed by atoms with E-state index < -0.39 is 0 Å². The van der Waals surface area contributed by atoms with Gasteiger partial charge < -0.3 is 4.74 Å². The van der Waals surface area contributed by atoms with Crippen molar-refractivity contribution in [1.82, 2.24) is 0 Å². The second kappa shape index (κ2) is 9.88. The molecule has 13 heavy (non-hydrogen) atoms. The fraction of sp³-hybridized carbons (Fsp3) is 1.00. The van der Waals surface area contributed by atoms with Crippen molar-refractivity contribution in [3.63, 3.8) is 0 Å². The Labute approximate surface area is 78.7 Å². The van der Waals surface area contributed by atoms with Crippen LogP contribution in [0.1, 0.15) is 12.8 Å². The average molecular weight is 194 g/mol. The quantitative estimate of drug-likeness (QED) is 0.310. The molecule has 0 aromatic rings. The molecule has 0 spiro atoms. The van der Waals surface area contributed by atoms with Gasteiger partial charge in [0.1, 0.15) is 0 Å². The molecule has 0 saturated carbocycles. The van der Waals surface area contributed by atoms with E-state index in [1.807, 2.05) is 0 Å². The minimum Gasteiger partial charge on any atom is -0.381 e. The first-order chi connectivity index (χ1) is 6.35. The molecule has 0 fully saturated rings. The van der Waals surface area contributed by atoms with Crippen molar-refractivity contribution in [2.75, 3.05) is 34.5 Å². The topological polar surface area (TPSA) is 46.2 Å². The number of hydrogen-bond donors (Lipinski definition) is 0. The van der Waals surface area contributed by atoms with E-state index in [0.717, 1.165) is 12.8 Å². The van der Waals surface area contributed by atoms with E-state index in [1.54, 1.807) is 7.11 Å². The van der Waals surface area contributed by atoms with Crippen molar-refractivity contribution in [2.24, 2.45) is 0 Å². The van der Waals surface area contributed by atoms with Crippen LogP contribution in [0.4, 0.5) is 0 Å². The Balaban J connectivity index is 3.28. The van der Waals surface area contributed by atoms with Crippen LogP contribution < -0.4 is 0 Å². The van der Waals surface area contributed by atoms with Crippen LogP contribution >= 0.6 is 0 Å².